The molecule has 3 N–H and O–H groups in total. The van der Waals surface area contributed by atoms with E-state index in [2.05, 4.69) is 4.72 Å². The standard InChI is InChI=1S/C15H20N2O2S2/c1-11-5-3-4-6-13(11)7-8-17-21(18,19)15-9-12(2)14(10-16)20-15/h3-6,9,17H,7-8,10,16H2,1-2H3. The summed E-state index contributed by atoms with van der Waals surface area (Å²) in [5.41, 5.74) is 8.86. The molecule has 0 bridgehead atoms. The fourth-order valence-electron chi connectivity index (χ4n) is 2.11. The van der Waals surface area contributed by atoms with Gasteiger partial charge in [0.2, 0.25) is 10.0 Å². The van der Waals surface area contributed by atoms with Gasteiger partial charge in [-0.3, -0.25) is 0 Å². The third-order valence-corrected chi connectivity index (χ3v) is 6.59. The summed E-state index contributed by atoms with van der Waals surface area (Å²) < 4.78 is 27.5. The molecule has 0 unspecified atom stereocenters. The number of aryl methyl sites for hydroxylation is 2. The van der Waals surface area contributed by atoms with Crippen molar-refractivity contribution in [3.8, 4) is 0 Å². The first-order valence-corrected chi connectivity index (χ1v) is 9.07. The quantitative estimate of drug-likeness (QED) is 0.857. The van der Waals surface area contributed by atoms with Crippen LogP contribution in [0.5, 0.6) is 0 Å². The van der Waals surface area contributed by atoms with Gasteiger partial charge in [0.05, 0.1) is 0 Å². The Hall–Kier alpha value is -1.21. The number of rotatable bonds is 6. The zero-order valence-corrected chi connectivity index (χ0v) is 13.9. The SMILES string of the molecule is Cc1ccccc1CCNS(=O)(=O)c1cc(C)c(CN)s1. The van der Waals surface area contributed by atoms with E-state index in [9.17, 15) is 8.42 Å². The molecule has 0 atom stereocenters. The van der Waals surface area contributed by atoms with E-state index in [-0.39, 0.29) is 0 Å². The third kappa shape index (κ3) is 3.91. The molecule has 0 saturated carbocycles. The Morgan fingerprint density at radius 3 is 2.52 bits per heavy atom. The molecule has 6 heteroatoms. The van der Waals surface area contributed by atoms with Crippen LogP contribution in [0.4, 0.5) is 0 Å². The summed E-state index contributed by atoms with van der Waals surface area (Å²) in [6.45, 7) is 4.67. The minimum atomic E-state index is -3.44. The van der Waals surface area contributed by atoms with Gasteiger partial charge in [-0.05, 0) is 43.0 Å². The van der Waals surface area contributed by atoms with E-state index in [1.54, 1.807) is 6.07 Å². The van der Waals surface area contributed by atoms with Crippen molar-refractivity contribution in [2.24, 2.45) is 5.73 Å². The number of benzene rings is 1. The second-order valence-electron chi connectivity index (χ2n) is 4.95. The van der Waals surface area contributed by atoms with Gasteiger partial charge in [-0.2, -0.15) is 0 Å². The molecule has 1 heterocycles. The van der Waals surface area contributed by atoms with Crippen molar-refractivity contribution in [1.82, 2.24) is 4.72 Å². The Morgan fingerprint density at radius 1 is 1.19 bits per heavy atom. The summed E-state index contributed by atoms with van der Waals surface area (Å²) in [4.78, 5) is 0.911. The summed E-state index contributed by atoms with van der Waals surface area (Å²) in [5, 5.41) is 0. The Kier molecular flexibility index (Phi) is 5.16. The summed E-state index contributed by atoms with van der Waals surface area (Å²) in [5.74, 6) is 0. The van der Waals surface area contributed by atoms with Crippen LogP contribution in [0.2, 0.25) is 0 Å². The highest BCUT2D eigenvalue weighted by Gasteiger charge is 2.18. The Labute approximate surface area is 130 Å². The van der Waals surface area contributed by atoms with E-state index in [0.717, 1.165) is 16.0 Å². The van der Waals surface area contributed by atoms with Crippen LogP contribution in [-0.2, 0) is 23.0 Å². The van der Waals surface area contributed by atoms with Crippen molar-refractivity contribution in [3.63, 3.8) is 0 Å². The van der Waals surface area contributed by atoms with Crippen LogP contribution >= 0.6 is 11.3 Å². The molecule has 1 aromatic carbocycles. The van der Waals surface area contributed by atoms with Gasteiger partial charge in [-0.25, -0.2) is 13.1 Å². The van der Waals surface area contributed by atoms with Crippen LogP contribution in [0.3, 0.4) is 0 Å². The number of nitrogens with one attached hydrogen (secondary N) is 1. The van der Waals surface area contributed by atoms with Crippen LogP contribution < -0.4 is 10.5 Å². The highest BCUT2D eigenvalue weighted by molar-refractivity contribution is 7.91. The number of hydrogen-bond donors (Lipinski definition) is 2. The van der Waals surface area contributed by atoms with Gasteiger partial charge in [-0.1, -0.05) is 24.3 Å². The van der Waals surface area contributed by atoms with Gasteiger partial charge in [0.25, 0.3) is 0 Å². The van der Waals surface area contributed by atoms with E-state index in [1.807, 2.05) is 38.1 Å². The molecule has 2 aromatic rings. The van der Waals surface area contributed by atoms with Crippen molar-refractivity contribution in [2.45, 2.75) is 31.0 Å². The zero-order chi connectivity index (χ0) is 15.5. The number of hydrogen-bond acceptors (Lipinski definition) is 4. The maximum absolute atomic E-state index is 12.2. The number of sulfonamides is 1. The molecule has 114 valence electrons. The molecule has 1 aromatic heterocycles. The molecule has 0 spiro atoms. The lowest BCUT2D eigenvalue weighted by atomic mass is 10.1. The van der Waals surface area contributed by atoms with Gasteiger partial charge in [-0.15, -0.1) is 11.3 Å². The molecule has 0 fully saturated rings. The average Bonchev–Trinajstić information content (AvgIpc) is 2.83. The molecule has 0 amide bonds. The number of thiophene rings is 1. The first kappa shape index (κ1) is 16.2. The second-order valence-corrected chi connectivity index (χ2v) is 8.08. The first-order valence-electron chi connectivity index (χ1n) is 6.77. The third-order valence-electron chi connectivity index (χ3n) is 3.40. The Morgan fingerprint density at radius 2 is 1.90 bits per heavy atom. The highest BCUT2D eigenvalue weighted by atomic mass is 32.2. The van der Waals surface area contributed by atoms with Crippen LogP contribution in [0.1, 0.15) is 21.6 Å². The normalized spacial score (nSPS) is 11.8. The van der Waals surface area contributed by atoms with E-state index < -0.39 is 10.0 Å². The minimum absolute atomic E-state index is 0.338. The van der Waals surface area contributed by atoms with Gasteiger partial charge in [0, 0.05) is 18.0 Å². The molecule has 0 aliphatic rings. The molecule has 0 saturated heterocycles. The predicted octanol–water partition coefficient (Wildman–Crippen LogP) is 2.34. The van der Waals surface area contributed by atoms with E-state index in [1.165, 1.54) is 16.9 Å². The molecule has 4 nitrogen and oxygen atoms in total. The average molecular weight is 324 g/mol. The lowest BCUT2D eigenvalue weighted by Gasteiger charge is -2.07. The second kappa shape index (κ2) is 6.70. The molecule has 0 aliphatic heterocycles. The molecular weight excluding hydrogens is 304 g/mol. The largest absolute Gasteiger partial charge is 0.326 e. The van der Waals surface area contributed by atoms with Crippen LogP contribution in [0.25, 0.3) is 0 Å². The van der Waals surface area contributed by atoms with Crippen LogP contribution in [0, 0.1) is 13.8 Å². The fraction of sp³-hybridized carbons (Fsp3) is 0.333. The van der Waals surface area contributed by atoms with Crippen molar-refractivity contribution in [2.75, 3.05) is 6.54 Å². The summed E-state index contributed by atoms with van der Waals surface area (Å²) in [6.07, 6.45) is 0.681. The first-order chi connectivity index (χ1) is 9.94. The van der Waals surface area contributed by atoms with Gasteiger partial charge >= 0.3 is 0 Å². The maximum atomic E-state index is 12.2. The minimum Gasteiger partial charge on any atom is -0.326 e. The molecule has 0 radical (unpaired) electrons. The van der Waals surface area contributed by atoms with Gasteiger partial charge in [0.15, 0.2) is 0 Å². The van der Waals surface area contributed by atoms with E-state index in [4.69, 9.17) is 5.73 Å². The molecule has 2 rings (SSSR count). The Bertz CT molecular complexity index is 721. The molecular formula is C15H20N2O2S2. The zero-order valence-electron chi connectivity index (χ0n) is 12.2. The summed E-state index contributed by atoms with van der Waals surface area (Å²) in [7, 11) is -3.44. The lowest BCUT2D eigenvalue weighted by molar-refractivity contribution is 0.583. The lowest BCUT2D eigenvalue weighted by Crippen LogP contribution is -2.25. The predicted molar refractivity (Wildman–Crippen MR) is 87.0 cm³/mol. The summed E-state index contributed by atoms with van der Waals surface area (Å²) in [6, 6.07) is 9.67. The smallest absolute Gasteiger partial charge is 0.250 e. The maximum Gasteiger partial charge on any atom is 0.250 e. The monoisotopic (exact) mass is 324 g/mol. The Balaban J connectivity index is 2.03. The van der Waals surface area contributed by atoms with Crippen molar-refractivity contribution in [3.05, 3.63) is 51.9 Å². The van der Waals surface area contributed by atoms with Crippen molar-refractivity contribution in [1.29, 1.82) is 0 Å². The van der Waals surface area contributed by atoms with Crippen LogP contribution in [-0.4, -0.2) is 15.0 Å². The van der Waals surface area contributed by atoms with E-state index in [0.29, 0.717) is 23.7 Å². The van der Waals surface area contributed by atoms with Crippen molar-refractivity contribution < 1.29 is 8.42 Å². The van der Waals surface area contributed by atoms with Crippen molar-refractivity contribution >= 4 is 21.4 Å². The van der Waals surface area contributed by atoms with Crippen LogP contribution in [0.15, 0.2) is 34.5 Å². The fourth-order valence-corrected chi connectivity index (χ4v) is 4.65. The molecule has 21 heavy (non-hydrogen) atoms. The highest BCUT2D eigenvalue weighted by Crippen LogP contribution is 2.25. The number of nitrogens with two attached hydrogens (primary N) is 1. The summed E-state index contributed by atoms with van der Waals surface area (Å²) >= 11 is 1.24. The van der Waals surface area contributed by atoms with Gasteiger partial charge in [0.1, 0.15) is 4.21 Å². The van der Waals surface area contributed by atoms with Gasteiger partial charge < -0.3 is 5.73 Å². The van der Waals surface area contributed by atoms with E-state index >= 15 is 0 Å². The molecule has 0 aliphatic carbocycles. The topological polar surface area (TPSA) is 72.2 Å².